The molecule has 0 atom stereocenters. The summed E-state index contributed by atoms with van der Waals surface area (Å²) in [7, 11) is 1.84. The van der Waals surface area contributed by atoms with Gasteiger partial charge in [-0.05, 0) is 32.0 Å². The monoisotopic (exact) mass is 274 g/mol. The zero-order valence-electron chi connectivity index (χ0n) is 11.5. The highest BCUT2D eigenvalue weighted by Crippen LogP contribution is 2.21. The summed E-state index contributed by atoms with van der Waals surface area (Å²) in [6.45, 7) is 4.71. The van der Waals surface area contributed by atoms with Crippen molar-refractivity contribution in [2.45, 2.75) is 20.3 Å². The van der Waals surface area contributed by atoms with Crippen molar-refractivity contribution in [3.05, 3.63) is 51.5 Å². The van der Waals surface area contributed by atoms with Gasteiger partial charge in [-0.3, -0.25) is 9.78 Å². The molecular weight excluding hydrogens is 256 g/mol. The third kappa shape index (κ3) is 3.41. The molecule has 0 bridgehead atoms. The van der Waals surface area contributed by atoms with Gasteiger partial charge in [-0.15, -0.1) is 11.3 Å². The molecule has 3 nitrogen and oxygen atoms in total. The number of likely N-dealkylation sites (N-methyl/N-ethyl adjacent to an activating group) is 1. The number of thiophene rings is 1. The minimum atomic E-state index is 0.0952. The normalized spacial score (nSPS) is 10.5. The van der Waals surface area contributed by atoms with Crippen LogP contribution in [0.2, 0.25) is 0 Å². The van der Waals surface area contributed by atoms with E-state index in [4.69, 9.17) is 0 Å². The molecule has 1 amide bonds. The van der Waals surface area contributed by atoms with E-state index in [1.165, 1.54) is 4.88 Å². The van der Waals surface area contributed by atoms with Gasteiger partial charge in [-0.25, -0.2) is 0 Å². The summed E-state index contributed by atoms with van der Waals surface area (Å²) in [5.74, 6) is 0.0952. The van der Waals surface area contributed by atoms with E-state index in [0.29, 0.717) is 6.54 Å². The maximum atomic E-state index is 12.3. The van der Waals surface area contributed by atoms with Gasteiger partial charge >= 0.3 is 0 Å². The van der Waals surface area contributed by atoms with E-state index < -0.39 is 0 Å². The Kier molecular flexibility index (Phi) is 4.32. The molecule has 0 aliphatic carbocycles. The second kappa shape index (κ2) is 5.97. The van der Waals surface area contributed by atoms with Gasteiger partial charge in [0, 0.05) is 41.7 Å². The van der Waals surface area contributed by atoms with Crippen molar-refractivity contribution >= 4 is 17.2 Å². The van der Waals surface area contributed by atoms with Crippen LogP contribution in [0.15, 0.2) is 30.5 Å². The van der Waals surface area contributed by atoms with E-state index in [1.54, 1.807) is 22.4 Å². The van der Waals surface area contributed by atoms with Crippen LogP contribution in [0.4, 0.5) is 0 Å². The first-order valence-corrected chi connectivity index (χ1v) is 7.12. The van der Waals surface area contributed by atoms with E-state index in [9.17, 15) is 4.79 Å². The van der Waals surface area contributed by atoms with Crippen molar-refractivity contribution in [1.82, 2.24) is 9.88 Å². The van der Waals surface area contributed by atoms with Crippen LogP contribution in [0.25, 0.3) is 0 Å². The van der Waals surface area contributed by atoms with Crippen LogP contribution < -0.4 is 0 Å². The fourth-order valence-electron chi connectivity index (χ4n) is 1.98. The van der Waals surface area contributed by atoms with E-state index >= 15 is 0 Å². The quantitative estimate of drug-likeness (QED) is 0.858. The molecule has 2 rings (SSSR count). The van der Waals surface area contributed by atoms with Gasteiger partial charge in [0.2, 0.25) is 0 Å². The molecule has 0 radical (unpaired) electrons. The fraction of sp³-hybridized carbons (Fsp3) is 0.333. The van der Waals surface area contributed by atoms with Crippen LogP contribution >= 0.6 is 11.3 Å². The zero-order valence-corrected chi connectivity index (χ0v) is 12.3. The molecule has 0 aliphatic heterocycles. The van der Waals surface area contributed by atoms with Crippen molar-refractivity contribution in [1.29, 1.82) is 0 Å². The zero-order chi connectivity index (χ0) is 13.8. The fourth-order valence-corrected chi connectivity index (χ4v) is 2.89. The standard InChI is InChI=1S/C15H18N2OS/c1-11-10-14(12(2)19-11)15(18)17(3)9-7-13-6-4-5-8-16-13/h4-6,8,10H,7,9H2,1-3H3. The molecule has 2 aromatic rings. The molecule has 2 aromatic heterocycles. The van der Waals surface area contributed by atoms with Gasteiger partial charge in [0.25, 0.3) is 5.91 Å². The number of hydrogen-bond donors (Lipinski definition) is 0. The number of aryl methyl sites for hydroxylation is 2. The molecule has 0 saturated heterocycles. The highest BCUT2D eigenvalue weighted by atomic mass is 32.1. The van der Waals surface area contributed by atoms with Gasteiger partial charge < -0.3 is 4.90 Å². The van der Waals surface area contributed by atoms with Gasteiger partial charge in [0.1, 0.15) is 0 Å². The molecule has 0 saturated carbocycles. The van der Waals surface area contributed by atoms with Crippen LogP contribution in [0.5, 0.6) is 0 Å². The number of pyridine rings is 1. The number of carbonyl (C=O) groups is 1. The molecule has 0 aromatic carbocycles. The summed E-state index contributed by atoms with van der Waals surface area (Å²) < 4.78 is 0. The topological polar surface area (TPSA) is 33.2 Å². The van der Waals surface area contributed by atoms with Crippen LogP contribution in [0, 0.1) is 13.8 Å². The number of rotatable bonds is 4. The summed E-state index contributed by atoms with van der Waals surface area (Å²) in [4.78, 5) is 20.6. The molecule has 2 heterocycles. The summed E-state index contributed by atoms with van der Waals surface area (Å²) >= 11 is 1.67. The predicted octanol–water partition coefficient (Wildman–Crippen LogP) is 3.07. The van der Waals surface area contributed by atoms with E-state index in [-0.39, 0.29) is 5.91 Å². The molecule has 0 N–H and O–H groups in total. The van der Waals surface area contributed by atoms with E-state index in [0.717, 1.165) is 22.6 Å². The van der Waals surface area contributed by atoms with Gasteiger partial charge in [-0.1, -0.05) is 6.07 Å². The first-order valence-electron chi connectivity index (χ1n) is 6.30. The van der Waals surface area contributed by atoms with Crippen molar-refractivity contribution in [2.75, 3.05) is 13.6 Å². The largest absolute Gasteiger partial charge is 0.341 e. The van der Waals surface area contributed by atoms with Crippen molar-refractivity contribution < 1.29 is 4.79 Å². The average Bonchev–Trinajstić information content (AvgIpc) is 2.75. The van der Waals surface area contributed by atoms with E-state index in [1.807, 2.05) is 45.2 Å². The molecule has 0 unspecified atom stereocenters. The molecule has 19 heavy (non-hydrogen) atoms. The Morgan fingerprint density at radius 1 is 1.37 bits per heavy atom. The first-order chi connectivity index (χ1) is 9.08. The lowest BCUT2D eigenvalue weighted by Crippen LogP contribution is -2.29. The number of carbonyl (C=O) groups excluding carboxylic acids is 1. The first kappa shape index (κ1) is 13.7. The highest BCUT2D eigenvalue weighted by molar-refractivity contribution is 7.12. The lowest BCUT2D eigenvalue weighted by atomic mass is 10.2. The Balaban J connectivity index is 1.98. The maximum absolute atomic E-state index is 12.3. The Morgan fingerprint density at radius 2 is 2.16 bits per heavy atom. The molecule has 0 aliphatic rings. The average molecular weight is 274 g/mol. The number of amides is 1. The Bertz CT molecular complexity index is 563. The SMILES string of the molecule is Cc1cc(C(=O)N(C)CCc2ccccn2)c(C)s1. The molecule has 0 spiro atoms. The molecule has 100 valence electrons. The summed E-state index contributed by atoms with van der Waals surface area (Å²) in [5.41, 5.74) is 1.84. The lowest BCUT2D eigenvalue weighted by molar-refractivity contribution is 0.0796. The second-order valence-electron chi connectivity index (χ2n) is 4.62. The molecule has 0 fully saturated rings. The Hall–Kier alpha value is -1.68. The van der Waals surface area contributed by atoms with Crippen molar-refractivity contribution in [3.8, 4) is 0 Å². The van der Waals surface area contributed by atoms with Crippen LogP contribution in [-0.4, -0.2) is 29.4 Å². The third-order valence-corrected chi connectivity index (χ3v) is 4.01. The van der Waals surface area contributed by atoms with Crippen LogP contribution in [0.1, 0.15) is 25.8 Å². The lowest BCUT2D eigenvalue weighted by Gasteiger charge is -2.16. The highest BCUT2D eigenvalue weighted by Gasteiger charge is 2.16. The van der Waals surface area contributed by atoms with Crippen LogP contribution in [0.3, 0.4) is 0 Å². The minimum Gasteiger partial charge on any atom is -0.341 e. The maximum Gasteiger partial charge on any atom is 0.254 e. The van der Waals surface area contributed by atoms with Crippen LogP contribution in [-0.2, 0) is 6.42 Å². The third-order valence-electron chi connectivity index (χ3n) is 3.05. The summed E-state index contributed by atoms with van der Waals surface area (Å²) in [5, 5.41) is 0. The smallest absolute Gasteiger partial charge is 0.254 e. The molecular formula is C15H18N2OS. The van der Waals surface area contributed by atoms with Gasteiger partial charge in [0.15, 0.2) is 0 Å². The Morgan fingerprint density at radius 3 is 2.74 bits per heavy atom. The summed E-state index contributed by atoms with van der Waals surface area (Å²) in [6.07, 6.45) is 2.56. The predicted molar refractivity (Wildman–Crippen MR) is 78.7 cm³/mol. The minimum absolute atomic E-state index is 0.0952. The van der Waals surface area contributed by atoms with Gasteiger partial charge in [0.05, 0.1) is 5.56 Å². The molecule has 4 heteroatoms. The number of hydrogen-bond acceptors (Lipinski definition) is 3. The number of nitrogens with zero attached hydrogens (tertiary/aromatic N) is 2. The Labute approximate surface area is 117 Å². The van der Waals surface area contributed by atoms with Crippen molar-refractivity contribution in [3.63, 3.8) is 0 Å². The van der Waals surface area contributed by atoms with E-state index in [2.05, 4.69) is 4.98 Å². The number of aromatic nitrogens is 1. The summed E-state index contributed by atoms with van der Waals surface area (Å²) in [6, 6.07) is 7.82. The van der Waals surface area contributed by atoms with Crippen molar-refractivity contribution in [2.24, 2.45) is 0 Å². The second-order valence-corrected chi connectivity index (χ2v) is 6.09. The van der Waals surface area contributed by atoms with Gasteiger partial charge in [-0.2, -0.15) is 0 Å².